The van der Waals surface area contributed by atoms with Crippen molar-refractivity contribution < 1.29 is 4.74 Å². The number of methoxy groups -OCH3 is 1. The van der Waals surface area contributed by atoms with E-state index in [0.717, 1.165) is 49.6 Å². The number of aliphatic imine (C=N–C) groups is 1. The van der Waals surface area contributed by atoms with Crippen LogP contribution in [0.1, 0.15) is 25.8 Å². The van der Waals surface area contributed by atoms with Crippen LogP contribution < -0.4 is 10.1 Å². The molecular weight excluding hydrogens is 401 g/mol. The van der Waals surface area contributed by atoms with E-state index in [2.05, 4.69) is 41.2 Å². The molecule has 5 heteroatoms. The summed E-state index contributed by atoms with van der Waals surface area (Å²) in [4.78, 5) is 6.85. The van der Waals surface area contributed by atoms with Crippen molar-refractivity contribution in [2.45, 2.75) is 26.7 Å². The van der Waals surface area contributed by atoms with Gasteiger partial charge in [-0.1, -0.05) is 26.0 Å². The molecule has 2 atom stereocenters. The van der Waals surface area contributed by atoms with Crippen molar-refractivity contribution in [1.82, 2.24) is 10.2 Å². The number of nitrogens with zero attached hydrogens (tertiary/aromatic N) is 2. The highest BCUT2D eigenvalue weighted by Gasteiger charge is 2.23. The third kappa shape index (κ3) is 6.20. The summed E-state index contributed by atoms with van der Waals surface area (Å²) in [6.07, 6.45) is 2.31. The van der Waals surface area contributed by atoms with E-state index in [4.69, 9.17) is 4.74 Å². The van der Waals surface area contributed by atoms with Gasteiger partial charge in [-0.2, -0.15) is 0 Å². The van der Waals surface area contributed by atoms with Gasteiger partial charge >= 0.3 is 0 Å². The average Bonchev–Trinajstić information content (AvgIpc) is 2.51. The molecule has 4 nitrogen and oxygen atoms in total. The molecule has 1 fully saturated rings. The zero-order valence-corrected chi connectivity index (χ0v) is 17.0. The molecule has 0 amide bonds. The van der Waals surface area contributed by atoms with E-state index in [1.54, 1.807) is 7.11 Å². The molecule has 1 heterocycles. The van der Waals surface area contributed by atoms with Gasteiger partial charge in [0.2, 0.25) is 0 Å². The highest BCUT2D eigenvalue weighted by Crippen LogP contribution is 2.20. The minimum atomic E-state index is 0. The number of halogens is 1. The first-order valence-electron chi connectivity index (χ1n) is 8.21. The predicted octanol–water partition coefficient (Wildman–Crippen LogP) is 3.41. The third-order valence-corrected chi connectivity index (χ3v) is 4.24. The molecule has 0 spiro atoms. The number of hydrogen-bond donors (Lipinski definition) is 1. The highest BCUT2D eigenvalue weighted by molar-refractivity contribution is 14.0. The summed E-state index contributed by atoms with van der Waals surface area (Å²) in [5, 5.41) is 3.50. The zero-order valence-electron chi connectivity index (χ0n) is 14.7. The second-order valence-electron chi connectivity index (χ2n) is 6.42. The van der Waals surface area contributed by atoms with Gasteiger partial charge in [-0.05, 0) is 42.4 Å². The maximum absolute atomic E-state index is 5.19. The van der Waals surface area contributed by atoms with Crippen LogP contribution in [0.4, 0.5) is 0 Å². The minimum Gasteiger partial charge on any atom is -0.497 e. The number of benzene rings is 1. The molecule has 0 radical (unpaired) electrons. The molecule has 1 aliphatic heterocycles. The van der Waals surface area contributed by atoms with Gasteiger partial charge in [-0.3, -0.25) is 4.99 Å². The van der Waals surface area contributed by atoms with Gasteiger partial charge in [0.05, 0.1) is 7.11 Å². The van der Waals surface area contributed by atoms with Gasteiger partial charge in [0, 0.05) is 26.7 Å². The molecule has 130 valence electrons. The maximum atomic E-state index is 5.19. The first-order chi connectivity index (χ1) is 10.6. The molecule has 0 aliphatic carbocycles. The van der Waals surface area contributed by atoms with Crippen molar-refractivity contribution in [2.24, 2.45) is 16.8 Å². The van der Waals surface area contributed by atoms with Crippen LogP contribution in [-0.4, -0.2) is 44.7 Å². The SMILES string of the molecule is CN=C(NCCc1ccc(OC)cc1)N1CC(C)CC(C)C1.I. The second-order valence-corrected chi connectivity index (χ2v) is 6.42. The number of likely N-dealkylation sites (tertiary alicyclic amines) is 1. The lowest BCUT2D eigenvalue weighted by atomic mass is 9.92. The zero-order chi connectivity index (χ0) is 15.9. The normalized spacial score (nSPS) is 21.6. The van der Waals surface area contributed by atoms with E-state index in [9.17, 15) is 0 Å². The van der Waals surface area contributed by atoms with Crippen LogP contribution in [-0.2, 0) is 6.42 Å². The van der Waals surface area contributed by atoms with Crippen LogP contribution in [0.25, 0.3) is 0 Å². The molecule has 1 aromatic carbocycles. The largest absolute Gasteiger partial charge is 0.497 e. The Labute approximate surface area is 157 Å². The van der Waals surface area contributed by atoms with Crippen LogP contribution in [0.2, 0.25) is 0 Å². The molecule has 1 aromatic rings. The Morgan fingerprint density at radius 1 is 1.22 bits per heavy atom. The smallest absolute Gasteiger partial charge is 0.193 e. The van der Waals surface area contributed by atoms with E-state index >= 15 is 0 Å². The maximum Gasteiger partial charge on any atom is 0.193 e. The Balaban J connectivity index is 0.00000264. The average molecular weight is 431 g/mol. The number of ether oxygens (including phenoxy) is 1. The van der Waals surface area contributed by atoms with Crippen molar-refractivity contribution in [2.75, 3.05) is 33.8 Å². The Hall–Kier alpha value is -0.980. The van der Waals surface area contributed by atoms with E-state index in [1.807, 2.05) is 19.2 Å². The fourth-order valence-corrected chi connectivity index (χ4v) is 3.28. The topological polar surface area (TPSA) is 36.9 Å². The Bertz CT molecular complexity index is 480. The first kappa shape index (κ1) is 20.1. The standard InChI is InChI=1S/C18H29N3O.HI/c1-14-11-15(2)13-21(12-14)18(19-3)20-10-9-16-5-7-17(22-4)8-6-16;/h5-8,14-15H,9-13H2,1-4H3,(H,19,20);1H. The van der Waals surface area contributed by atoms with Gasteiger partial charge < -0.3 is 15.0 Å². The summed E-state index contributed by atoms with van der Waals surface area (Å²) < 4.78 is 5.19. The van der Waals surface area contributed by atoms with Crippen LogP contribution in [0.15, 0.2) is 29.3 Å². The van der Waals surface area contributed by atoms with Crippen LogP contribution in [0, 0.1) is 11.8 Å². The molecule has 0 saturated carbocycles. The predicted molar refractivity (Wildman–Crippen MR) is 108 cm³/mol. The third-order valence-electron chi connectivity index (χ3n) is 4.24. The summed E-state index contributed by atoms with van der Waals surface area (Å²) >= 11 is 0. The lowest BCUT2D eigenvalue weighted by Gasteiger charge is -2.37. The molecule has 1 N–H and O–H groups in total. The minimum absolute atomic E-state index is 0. The van der Waals surface area contributed by atoms with Gasteiger partial charge in [0.1, 0.15) is 5.75 Å². The summed E-state index contributed by atoms with van der Waals surface area (Å²) in [6.45, 7) is 7.76. The Morgan fingerprint density at radius 3 is 2.35 bits per heavy atom. The van der Waals surface area contributed by atoms with Crippen molar-refractivity contribution in [1.29, 1.82) is 0 Å². The number of nitrogens with one attached hydrogen (secondary N) is 1. The molecule has 1 aliphatic rings. The van der Waals surface area contributed by atoms with Crippen LogP contribution in [0.3, 0.4) is 0 Å². The first-order valence-corrected chi connectivity index (χ1v) is 8.21. The molecule has 0 bridgehead atoms. The Morgan fingerprint density at radius 2 is 1.83 bits per heavy atom. The van der Waals surface area contributed by atoms with Crippen molar-refractivity contribution in [3.63, 3.8) is 0 Å². The van der Waals surface area contributed by atoms with Gasteiger partial charge in [0.15, 0.2) is 5.96 Å². The molecular formula is C18H30IN3O. The van der Waals surface area contributed by atoms with Crippen molar-refractivity contribution >= 4 is 29.9 Å². The van der Waals surface area contributed by atoms with Gasteiger partial charge in [0.25, 0.3) is 0 Å². The number of hydrogen-bond acceptors (Lipinski definition) is 2. The van der Waals surface area contributed by atoms with Crippen molar-refractivity contribution in [3.05, 3.63) is 29.8 Å². The lowest BCUT2D eigenvalue weighted by molar-refractivity contribution is 0.208. The van der Waals surface area contributed by atoms with Gasteiger partial charge in [-0.15, -0.1) is 24.0 Å². The van der Waals surface area contributed by atoms with E-state index in [0.29, 0.717) is 0 Å². The molecule has 1 saturated heterocycles. The number of rotatable bonds is 4. The highest BCUT2D eigenvalue weighted by atomic mass is 127. The molecule has 0 aromatic heterocycles. The molecule has 23 heavy (non-hydrogen) atoms. The Kier molecular flexibility index (Phi) is 8.73. The van der Waals surface area contributed by atoms with Crippen molar-refractivity contribution in [3.8, 4) is 5.75 Å². The van der Waals surface area contributed by atoms with E-state index in [1.165, 1.54) is 12.0 Å². The summed E-state index contributed by atoms with van der Waals surface area (Å²) in [7, 11) is 3.57. The molecule has 2 rings (SSSR count). The van der Waals surface area contributed by atoms with E-state index in [-0.39, 0.29) is 24.0 Å². The lowest BCUT2D eigenvalue weighted by Crippen LogP contribution is -2.48. The second kappa shape index (κ2) is 10.0. The van der Waals surface area contributed by atoms with Crippen LogP contribution in [0.5, 0.6) is 5.75 Å². The number of piperidine rings is 1. The molecule has 2 unspecified atom stereocenters. The van der Waals surface area contributed by atoms with Gasteiger partial charge in [-0.25, -0.2) is 0 Å². The fraction of sp³-hybridized carbons (Fsp3) is 0.611. The van der Waals surface area contributed by atoms with E-state index < -0.39 is 0 Å². The summed E-state index contributed by atoms with van der Waals surface area (Å²) in [5.74, 6) is 3.42. The quantitative estimate of drug-likeness (QED) is 0.451. The summed E-state index contributed by atoms with van der Waals surface area (Å²) in [6, 6.07) is 8.26. The monoisotopic (exact) mass is 431 g/mol. The van der Waals surface area contributed by atoms with Crippen LogP contribution >= 0.6 is 24.0 Å². The number of guanidine groups is 1. The summed E-state index contributed by atoms with van der Waals surface area (Å²) in [5.41, 5.74) is 1.31. The fourth-order valence-electron chi connectivity index (χ4n) is 3.28.